The smallest absolute Gasteiger partial charge is 0.182 e. The third-order valence-corrected chi connectivity index (χ3v) is 4.28. The second-order valence-electron chi connectivity index (χ2n) is 4.53. The van der Waals surface area contributed by atoms with Crippen molar-refractivity contribution >= 4 is 16.5 Å². The van der Waals surface area contributed by atoms with E-state index in [1.54, 1.807) is 11.3 Å². The van der Waals surface area contributed by atoms with Crippen LogP contribution in [0.4, 0.5) is 5.13 Å². The average Bonchev–Trinajstić information content (AvgIpc) is 2.87. The summed E-state index contributed by atoms with van der Waals surface area (Å²) in [6.45, 7) is 2.60. The van der Waals surface area contributed by atoms with Gasteiger partial charge in [0.1, 0.15) is 0 Å². The van der Waals surface area contributed by atoms with Gasteiger partial charge < -0.3 is 10.2 Å². The van der Waals surface area contributed by atoms with Gasteiger partial charge in [-0.05, 0) is 32.2 Å². The molecule has 2 aliphatic heterocycles. The molecule has 1 aromatic heterocycles. The molecule has 0 spiro atoms. The molecular weight excluding hydrogens is 206 g/mol. The maximum Gasteiger partial charge on any atom is 0.182 e. The Morgan fingerprint density at radius 2 is 2.40 bits per heavy atom. The fourth-order valence-electron chi connectivity index (χ4n) is 2.82. The predicted octanol–water partition coefficient (Wildman–Crippen LogP) is 2.18. The van der Waals surface area contributed by atoms with Crippen molar-refractivity contribution in [1.82, 2.24) is 9.88 Å². The monoisotopic (exact) mass is 223 g/mol. The average molecular weight is 223 g/mol. The van der Waals surface area contributed by atoms with Gasteiger partial charge in [-0.2, -0.15) is 0 Å². The number of piperidine rings is 1. The zero-order chi connectivity index (χ0) is 10.1. The van der Waals surface area contributed by atoms with Crippen molar-refractivity contribution in [3.05, 3.63) is 11.6 Å². The summed E-state index contributed by atoms with van der Waals surface area (Å²) in [6.07, 6.45) is 7.25. The first-order valence-corrected chi connectivity index (χ1v) is 6.70. The highest BCUT2D eigenvalue weighted by molar-refractivity contribution is 7.13. The molecule has 82 valence electrons. The van der Waals surface area contributed by atoms with Crippen molar-refractivity contribution in [3.63, 3.8) is 0 Å². The Bertz CT molecular complexity index is 312. The van der Waals surface area contributed by atoms with Crippen LogP contribution >= 0.6 is 11.3 Å². The van der Waals surface area contributed by atoms with E-state index >= 15 is 0 Å². The van der Waals surface area contributed by atoms with E-state index < -0.39 is 0 Å². The van der Waals surface area contributed by atoms with Gasteiger partial charge in [-0.1, -0.05) is 0 Å². The molecule has 2 atom stereocenters. The summed E-state index contributed by atoms with van der Waals surface area (Å²) in [5.74, 6) is 0. The lowest BCUT2D eigenvalue weighted by atomic mass is 9.98. The molecule has 3 nitrogen and oxygen atoms in total. The summed E-state index contributed by atoms with van der Waals surface area (Å²) in [5.41, 5.74) is 0. The second-order valence-corrected chi connectivity index (χ2v) is 5.43. The molecule has 0 saturated carbocycles. The molecule has 2 saturated heterocycles. The van der Waals surface area contributed by atoms with Gasteiger partial charge in [0.15, 0.2) is 5.13 Å². The zero-order valence-electron chi connectivity index (χ0n) is 8.85. The van der Waals surface area contributed by atoms with Gasteiger partial charge >= 0.3 is 0 Å². The summed E-state index contributed by atoms with van der Waals surface area (Å²) in [4.78, 5) is 6.94. The van der Waals surface area contributed by atoms with Gasteiger partial charge in [0.2, 0.25) is 0 Å². The molecule has 0 radical (unpaired) electrons. The third-order valence-electron chi connectivity index (χ3n) is 3.58. The van der Waals surface area contributed by atoms with Crippen molar-refractivity contribution in [1.29, 1.82) is 0 Å². The van der Waals surface area contributed by atoms with Gasteiger partial charge in [-0.3, -0.25) is 0 Å². The number of hydrogen-bond acceptors (Lipinski definition) is 4. The summed E-state index contributed by atoms with van der Waals surface area (Å²) in [7, 11) is 0. The Balaban J connectivity index is 1.59. The van der Waals surface area contributed by atoms with Crippen LogP contribution in [0.2, 0.25) is 0 Å². The Morgan fingerprint density at radius 3 is 3.27 bits per heavy atom. The predicted molar refractivity (Wildman–Crippen MR) is 63.4 cm³/mol. The van der Waals surface area contributed by atoms with Gasteiger partial charge in [0.05, 0.1) is 0 Å². The molecule has 2 aliphatic rings. The number of aromatic nitrogens is 1. The van der Waals surface area contributed by atoms with Crippen molar-refractivity contribution in [2.24, 2.45) is 0 Å². The van der Waals surface area contributed by atoms with Crippen molar-refractivity contribution in [2.45, 2.75) is 37.8 Å². The Hall–Kier alpha value is -0.610. The standard InChI is InChI=1S/C11H17N3S/c1-2-10-8-9(3-6-14(10)5-1)13-11-12-4-7-15-11/h4,7,9-10H,1-3,5-6,8H2,(H,12,13). The fraction of sp³-hybridized carbons (Fsp3) is 0.727. The summed E-state index contributed by atoms with van der Waals surface area (Å²) >= 11 is 1.71. The van der Waals surface area contributed by atoms with Gasteiger partial charge in [-0.25, -0.2) is 4.98 Å². The first-order chi connectivity index (χ1) is 7.42. The van der Waals surface area contributed by atoms with E-state index in [2.05, 4.69) is 15.2 Å². The van der Waals surface area contributed by atoms with E-state index in [0.717, 1.165) is 11.2 Å². The lowest BCUT2D eigenvalue weighted by Gasteiger charge is -2.35. The minimum absolute atomic E-state index is 0.649. The molecule has 0 bridgehead atoms. The van der Waals surface area contributed by atoms with Gasteiger partial charge in [0, 0.05) is 30.2 Å². The van der Waals surface area contributed by atoms with Crippen LogP contribution in [0.1, 0.15) is 25.7 Å². The van der Waals surface area contributed by atoms with E-state index in [1.807, 2.05) is 11.6 Å². The molecule has 3 rings (SSSR count). The minimum atomic E-state index is 0.649. The molecule has 0 aromatic carbocycles. The lowest BCUT2D eigenvalue weighted by Crippen LogP contribution is -2.42. The second kappa shape index (κ2) is 4.10. The Morgan fingerprint density at radius 1 is 1.40 bits per heavy atom. The number of rotatable bonds is 2. The van der Waals surface area contributed by atoms with Crippen molar-refractivity contribution in [3.8, 4) is 0 Å². The molecule has 1 N–H and O–H groups in total. The number of anilines is 1. The van der Waals surface area contributed by atoms with Crippen LogP contribution in [0.3, 0.4) is 0 Å². The molecular formula is C11H17N3S. The molecule has 0 amide bonds. The fourth-order valence-corrected chi connectivity index (χ4v) is 3.43. The highest BCUT2D eigenvalue weighted by Crippen LogP contribution is 2.28. The maximum absolute atomic E-state index is 4.29. The quantitative estimate of drug-likeness (QED) is 0.833. The topological polar surface area (TPSA) is 28.2 Å². The molecule has 3 heterocycles. The molecule has 0 aliphatic carbocycles. The number of hydrogen-bond donors (Lipinski definition) is 1. The highest BCUT2D eigenvalue weighted by Gasteiger charge is 2.31. The number of thiazole rings is 1. The first kappa shape index (κ1) is 9.60. The Labute approximate surface area is 94.5 Å². The number of fused-ring (bicyclic) bond motifs is 1. The van der Waals surface area contributed by atoms with Crippen LogP contribution in [-0.4, -0.2) is 35.1 Å². The maximum atomic E-state index is 4.29. The summed E-state index contributed by atoms with van der Waals surface area (Å²) < 4.78 is 0. The van der Waals surface area contributed by atoms with Crippen LogP contribution in [0.15, 0.2) is 11.6 Å². The van der Waals surface area contributed by atoms with Crippen molar-refractivity contribution in [2.75, 3.05) is 18.4 Å². The van der Waals surface area contributed by atoms with Crippen LogP contribution in [0, 0.1) is 0 Å². The zero-order valence-corrected chi connectivity index (χ0v) is 9.67. The molecule has 15 heavy (non-hydrogen) atoms. The third kappa shape index (κ3) is 2.01. The highest BCUT2D eigenvalue weighted by atomic mass is 32.1. The van der Waals surface area contributed by atoms with Crippen molar-refractivity contribution < 1.29 is 0 Å². The van der Waals surface area contributed by atoms with Gasteiger partial charge in [-0.15, -0.1) is 11.3 Å². The van der Waals surface area contributed by atoms with Crippen LogP contribution < -0.4 is 5.32 Å². The normalized spacial score (nSPS) is 31.5. The molecule has 2 fully saturated rings. The Kier molecular flexibility index (Phi) is 2.63. The van der Waals surface area contributed by atoms with Gasteiger partial charge in [0.25, 0.3) is 0 Å². The van der Waals surface area contributed by atoms with E-state index in [4.69, 9.17) is 0 Å². The van der Waals surface area contributed by atoms with Crippen LogP contribution in [0.25, 0.3) is 0 Å². The van der Waals surface area contributed by atoms with Crippen LogP contribution in [-0.2, 0) is 0 Å². The minimum Gasteiger partial charge on any atom is -0.359 e. The first-order valence-electron chi connectivity index (χ1n) is 5.82. The number of nitrogens with zero attached hydrogens (tertiary/aromatic N) is 2. The largest absolute Gasteiger partial charge is 0.359 e. The summed E-state index contributed by atoms with van der Waals surface area (Å²) in [6, 6.07) is 1.49. The molecule has 2 unspecified atom stereocenters. The van der Waals surface area contributed by atoms with E-state index in [-0.39, 0.29) is 0 Å². The van der Waals surface area contributed by atoms with E-state index in [9.17, 15) is 0 Å². The van der Waals surface area contributed by atoms with Crippen LogP contribution in [0.5, 0.6) is 0 Å². The summed E-state index contributed by atoms with van der Waals surface area (Å²) in [5, 5.41) is 6.68. The lowest BCUT2D eigenvalue weighted by molar-refractivity contribution is 0.188. The molecule has 4 heteroatoms. The van der Waals surface area contributed by atoms with E-state index in [0.29, 0.717) is 6.04 Å². The molecule has 1 aromatic rings. The SMILES string of the molecule is c1csc(NC2CCN3CCCC3C2)n1. The number of nitrogens with one attached hydrogen (secondary N) is 1. The van der Waals surface area contributed by atoms with E-state index in [1.165, 1.54) is 38.8 Å².